The number of benzene rings is 1. The summed E-state index contributed by atoms with van der Waals surface area (Å²) in [6.07, 6.45) is -4.44. The van der Waals surface area contributed by atoms with Crippen LogP contribution in [0.3, 0.4) is 0 Å². The molecule has 38 heavy (non-hydrogen) atoms. The summed E-state index contributed by atoms with van der Waals surface area (Å²) >= 11 is 6.21. The molecule has 3 heterocycles. The summed E-state index contributed by atoms with van der Waals surface area (Å²) in [7, 11) is -9.25. The lowest BCUT2D eigenvalue weighted by molar-refractivity contribution is -0.0541. The number of aromatic nitrogens is 3. The fourth-order valence-electron chi connectivity index (χ4n) is 4.00. The normalized spacial score (nSPS) is 25.7. The van der Waals surface area contributed by atoms with Crippen molar-refractivity contribution in [3.8, 4) is 0 Å². The standard InChI is InChI=1S/C20H25ClFN5O9P2/c1-10(11-4-2-3-5-13(11)22)24-14-6-16(21)25-19-12(14)7-23-27(19)20-18(29)17(28)15(36-20)8-35-38(33,34)9-37(31,32)26-30/h2-7,10,15,17-18,20,28-30H,8-9H2,1H3,(H,24,25)(H,33,34)(H2,26,31,32)/t10-,15+,17+,18+,20+/m0/s1. The first-order chi connectivity index (χ1) is 17.8. The van der Waals surface area contributed by atoms with Gasteiger partial charge < -0.3 is 39.8 Å². The minimum absolute atomic E-state index is 0.0440. The predicted molar refractivity (Wildman–Crippen MR) is 132 cm³/mol. The third-order valence-electron chi connectivity index (χ3n) is 5.82. The van der Waals surface area contributed by atoms with Gasteiger partial charge in [-0.2, -0.15) is 5.10 Å². The van der Waals surface area contributed by atoms with E-state index >= 15 is 0 Å². The Hall–Kier alpha value is -2.00. The van der Waals surface area contributed by atoms with Gasteiger partial charge in [0.05, 0.1) is 29.9 Å². The zero-order valence-corrected chi connectivity index (χ0v) is 22.2. The highest BCUT2D eigenvalue weighted by atomic mass is 35.5. The zero-order valence-electron chi connectivity index (χ0n) is 19.6. The van der Waals surface area contributed by atoms with Crippen molar-refractivity contribution in [2.75, 3.05) is 17.8 Å². The van der Waals surface area contributed by atoms with Gasteiger partial charge in [-0.15, -0.1) is 5.25 Å². The van der Waals surface area contributed by atoms with Gasteiger partial charge in [0, 0.05) is 5.56 Å². The first kappa shape index (κ1) is 29.0. The van der Waals surface area contributed by atoms with Crippen molar-refractivity contribution in [1.29, 1.82) is 0 Å². The largest absolute Gasteiger partial charge is 0.387 e. The number of aliphatic hydroxyl groups is 2. The molecule has 2 aromatic heterocycles. The van der Waals surface area contributed by atoms with E-state index < -0.39 is 64.0 Å². The van der Waals surface area contributed by atoms with E-state index in [1.54, 1.807) is 25.1 Å². The molecule has 0 aliphatic carbocycles. The Morgan fingerprint density at radius 2 is 1.97 bits per heavy atom. The minimum Gasteiger partial charge on any atom is -0.387 e. The molecule has 1 fully saturated rings. The Bertz CT molecular complexity index is 1410. The monoisotopic (exact) mass is 595 g/mol. The van der Waals surface area contributed by atoms with Gasteiger partial charge in [0.25, 0.3) is 0 Å². The van der Waals surface area contributed by atoms with E-state index in [1.165, 1.54) is 18.3 Å². The van der Waals surface area contributed by atoms with Gasteiger partial charge in [-0.05, 0) is 19.1 Å². The van der Waals surface area contributed by atoms with Crippen molar-refractivity contribution in [2.45, 2.75) is 37.5 Å². The molecule has 1 aliphatic heterocycles. The zero-order chi connectivity index (χ0) is 27.8. The van der Waals surface area contributed by atoms with Crippen molar-refractivity contribution in [3.63, 3.8) is 0 Å². The van der Waals surface area contributed by atoms with E-state index in [-0.39, 0.29) is 10.8 Å². The number of halogens is 2. The van der Waals surface area contributed by atoms with E-state index in [2.05, 4.69) is 15.4 Å². The van der Waals surface area contributed by atoms with Gasteiger partial charge in [-0.25, -0.2) is 14.1 Å². The summed E-state index contributed by atoms with van der Waals surface area (Å²) in [5, 5.41) is 38.5. The van der Waals surface area contributed by atoms with E-state index in [9.17, 15) is 33.5 Å². The third-order valence-corrected chi connectivity index (χ3v) is 9.85. The van der Waals surface area contributed by atoms with Crippen molar-refractivity contribution in [1.82, 2.24) is 20.0 Å². The summed E-state index contributed by atoms with van der Waals surface area (Å²) in [6.45, 7) is 1.01. The van der Waals surface area contributed by atoms with Crippen LogP contribution < -0.4 is 10.6 Å². The molecule has 0 radical (unpaired) electrons. The molecule has 1 saturated heterocycles. The number of pyridine rings is 1. The van der Waals surface area contributed by atoms with Gasteiger partial charge in [0.2, 0.25) is 0 Å². The summed E-state index contributed by atoms with van der Waals surface area (Å²) in [4.78, 5) is 23.3. The van der Waals surface area contributed by atoms with E-state index in [1.807, 2.05) is 0 Å². The SMILES string of the molecule is C[C@H](Nc1cc(Cl)nc2c1cnn2[C@@H]1O[C@H](COP(=O)(O)CP(=O)(O)NO)[C@@H](O)[C@H]1O)c1ccccc1F. The van der Waals surface area contributed by atoms with E-state index in [0.717, 1.165) is 9.93 Å². The molecule has 4 rings (SSSR count). The molecule has 0 spiro atoms. The molecule has 2 unspecified atom stereocenters. The number of ether oxygens (including phenoxy) is 1. The number of nitrogens with zero attached hydrogens (tertiary/aromatic N) is 3. The van der Waals surface area contributed by atoms with Crippen LogP contribution >= 0.6 is 26.7 Å². The van der Waals surface area contributed by atoms with Gasteiger partial charge in [-0.1, -0.05) is 29.8 Å². The van der Waals surface area contributed by atoms with Crippen LogP contribution in [0.2, 0.25) is 5.15 Å². The molecule has 7 atom stereocenters. The smallest absolute Gasteiger partial charge is 0.339 e. The molecule has 14 nitrogen and oxygen atoms in total. The second-order valence-corrected chi connectivity index (χ2v) is 13.3. The molecule has 1 aromatic carbocycles. The van der Waals surface area contributed by atoms with Gasteiger partial charge >= 0.3 is 15.1 Å². The molecule has 0 bridgehead atoms. The number of anilines is 1. The van der Waals surface area contributed by atoms with Crippen LogP contribution in [0.15, 0.2) is 36.5 Å². The number of fused-ring (bicyclic) bond motifs is 1. The molecule has 7 N–H and O–H groups in total. The van der Waals surface area contributed by atoms with Crippen LogP contribution in [-0.2, 0) is 18.4 Å². The fraction of sp³-hybridized carbons (Fsp3) is 0.400. The Morgan fingerprint density at radius 3 is 2.66 bits per heavy atom. The lowest BCUT2D eigenvalue weighted by Crippen LogP contribution is -2.33. The first-order valence-corrected chi connectivity index (χ1v) is 15.1. The number of hydrogen-bond donors (Lipinski definition) is 7. The Kier molecular flexibility index (Phi) is 8.58. The summed E-state index contributed by atoms with van der Waals surface area (Å²) < 4.78 is 49.4. The fourth-order valence-corrected chi connectivity index (χ4v) is 7.09. The molecular weight excluding hydrogens is 571 g/mol. The maximum Gasteiger partial charge on any atom is 0.339 e. The quantitative estimate of drug-likeness (QED) is 0.102. The molecule has 208 valence electrons. The highest BCUT2D eigenvalue weighted by Crippen LogP contribution is 2.55. The minimum atomic E-state index is -4.70. The molecule has 0 amide bonds. The number of nitrogens with one attached hydrogen (secondary N) is 2. The van der Waals surface area contributed by atoms with Gasteiger partial charge in [0.1, 0.15) is 35.2 Å². The van der Waals surface area contributed by atoms with Crippen LogP contribution in [0.5, 0.6) is 0 Å². The molecule has 0 saturated carbocycles. The number of hydrogen-bond acceptors (Lipinski definition) is 10. The molecule has 3 aromatic rings. The average Bonchev–Trinajstić information content (AvgIpc) is 3.38. The average molecular weight is 596 g/mol. The van der Waals surface area contributed by atoms with Crippen LogP contribution in [0.1, 0.15) is 24.8 Å². The summed E-state index contributed by atoms with van der Waals surface area (Å²) in [5.41, 5.74) is 1.03. The Labute approximate surface area is 220 Å². The number of aliphatic hydroxyl groups excluding tert-OH is 2. The van der Waals surface area contributed by atoms with Crippen molar-refractivity contribution >= 4 is 43.4 Å². The van der Waals surface area contributed by atoms with Gasteiger partial charge in [0.15, 0.2) is 11.9 Å². The van der Waals surface area contributed by atoms with Crippen molar-refractivity contribution in [3.05, 3.63) is 53.1 Å². The summed E-state index contributed by atoms with van der Waals surface area (Å²) in [5.74, 6) is -1.70. The highest BCUT2D eigenvalue weighted by molar-refractivity contribution is 7.71. The second kappa shape index (κ2) is 11.2. The van der Waals surface area contributed by atoms with E-state index in [4.69, 9.17) is 26.1 Å². The third kappa shape index (κ3) is 6.24. The number of rotatable bonds is 10. The van der Waals surface area contributed by atoms with Gasteiger partial charge in [-0.3, -0.25) is 9.13 Å². The topological polar surface area (TPSA) is 209 Å². The highest BCUT2D eigenvalue weighted by Gasteiger charge is 2.46. The van der Waals surface area contributed by atoms with Crippen LogP contribution in [0.4, 0.5) is 10.1 Å². The van der Waals surface area contributed by atoms with Crippen LogP contribution in [0, 0.1) is 5.82 Å². The van der Waals surface area contributed by atoms with E-state index in [0.29, 0.717) is 16.6 Å². The molecular formula is C20H25ClFN5O9P2. The lowest BCUT2D eigenvalue weighted by Gasteiger charge is -2.19. The second-order valence-electron chi connectivity index (χ2n) is 8.63. The Morgan fingerprint density at radius 1 is 1.26 bits per heavy atom. The van der Waals surface area contributed by atoms with Crippen LogP contribution in [-0.4, -0.2) is 70.8 Å². The molecule has 1 aliphatic rings. The maximum absolute atomic E-state index is 14.2. The lowest BCUT2D eigenvalue weighted by atomic mass is 10.1. The van der Waals surface area contributed by atoms with Crippen LogP contribution in [0.25, 0.3) is 11.0 Å². The molecule has 18 heteroatoms. The van der Waals surface area contributed by atoms with Crippen molar-refractivity contribution in [2.24, 2.45) is 0 Å². The predicted octanol–water partition coefficient (Wildman–Crippen LogP) is 2.34. The Balaban J connectivity index is 1.54. The summed E-state index contributed by atoms with van der Waals surface area (Å²) in [6, 6.07) is 7.30. The maximum atomic E-state index is 14.2. The first-order valence-electron chi connectivity index (χ1n) is 11.1. The van der Waals surface area contributed by atoms with Crippen molar-refractivity contribution < 1.29 is 48.0 Å².